The van der Waals surface area contributed by atoms with Crippen molar-refractivity contribution in [3.63, 3.8) is 0 Å². The van der Waals surface area contributed by atoms with Crippen molar-refractivity contribution in [3.8, 4) is 0 Å². The van der Waals surface area contributed by atoms with Gasteiger partial charge in [0.15, 0.2) is 0 Å². The number of hydrogen-bond acceptors (Lipinski definition) is 1. The summed E-state index contributed by atoms with van der Waals surface area (Å²) in [6, 6.07) is 0. The van der Waals surface area contributed by atoms with Crippen molar-refractivity contribution in [2.45, 2.75) is 70.9 Å². The number of hydrogen-bond donors (Lipinski definition) is 0. The molecule has 0 unspecified atom stereocenters. The lowest BCUT2D eigenvalue weighted by atomic mass is 9.38. The van der Waals surface area contributed by atoms with Crippen LogP contribution in [0.2, 0.25) is 11.6 Å². The van der Waals surface area contributed by atoms with Gasteiger partial charge in [-0.3, -0.25) is 0 Å². The average Bonchev–Trinajstić information content (AvgIpc) is 2.24. The van der Waals surface area contributed by atoms with E-state index in [4.69, 9.17) is 4.65 Å². The van der Waals surface area contributed by atoms with E-state index in [-0.39, 0.29) is 0 Å². The van der Waals surface area contributed by atoms with Gasteiger partial charge in [0, 0.05) is 5.92 Å². The van der Waals surface area contributed by atoms with E-state index in [2.05, 4.69) is 26.8 Å². The minimum absolute atomic E-state index is 0.535. The van der Waals surface area contributed by atoms with Gasteiger partial charge in [-0.25, -0.2) is 0 Å². The molecular formula is C14H25BO. The van der Waals surface area contributed by atoms with Gasteiger partial charge < -0.3 is 4.65 Å². The second-order valence-corrected chi connectivity index (χ2v) is 5.81. The first kappa shape index (κ1) is 12.1. The van der Waals surface area contributed by atoms with Crippen molar-refractivity contribution in [1.82, 2.24) is 0 Å². The summed E-state index contributed by atoms with van der Waals surface area (Å²) in [5.41, 5.74) is 0. The SMILES string of the molecule is C/C=C(\OB1C2CCCC1CCC2)C(C)C. The predicted octanol–water partition coefficient (Wildman–Crippen LogP) is 4.66. The normalized spacial score (nSPS) is 30.8. The number of allylic oxidation sites excluding steroid dienone is 2. The lowest BCUT2D eigenvalue weighted by Crippen LogP contribution is -2.37. The van der Waals surface area contributed by atoms with Crippen molar-refractivity contribution in [1.29, 1.82) is 0 Å². The standard InChI is InChI=1S/C14H25BO/c1-4-14(11(2)3)16-15-12-7-5-8-13(15)10-6-9-12/h4,11-13H,5-10H2,1-3H3/b14-4-. The van der Waals surface area contributed by atoms with Crippen LogP contribution in [0.3, 0.4) is 0 Å². The third-order valence-electron chi connectivity index (χ3n) is 4.35. The fourth-order valence-corrected chi connectivity index (χ4v) is 3.50. The molecule has 2 fully saturated rings. The quantitative estimate of drug-likeness (QED) is 0.496. The largest absolute Gasteiger partial charge is 0.563 e. The van der Waals surface area contributed by atoms with Gasteiger partial charge in [-0.2, -0.15) is 0 Å². The van der Waals surface area contributed by atoms with Crippen LogP contribution in [0.25, 0.3) is 0 Å². The second-order valence-electron chi connectivity index (χ2n) is 5.81. The predicted molar refractivity (Wildman–Crippen MR) is 70.6 cm³/mol. The molecule has 2 saturated heterocycles. The molecule has 16 heavy (non-hydrogen) atoms. The molecular weight excluding hydrogens is 195 g/mol. The van der Waals surface area contributed by atoms with Gasteiger partial charge >= 0.3 is 6.92 Å². The first-order valence-corrected chi connectivity index (χ1v) is 7.05. The Labute approximate surface area is 101 Å². The molecule has 0 spiro atoms. The maximum atomic E-state index is 6.33. The van der Waals surface area contributed by atoms with Crippen molar-refractivity contribution < 1.29 is 4.65 Å². The summed E-state index contributed by atoms with van der Waals surface area (Å²) in [5.74, 6) is 3.44. The van der Waals surface area contributed by atoms with Crippen molar-refractivity contribution in [2.75, 3.05) is 0 Å². The molecule has 2 aliphatic rings. The minimum atomic E-state index is 0.535. The van der Waals surface area contributed by atoms with E-state index in [1.807, 2.05) is 0 Å². The van der Waals surface area contributed by atoms with Crippen molar-refractivity contribution >= 4 is 6.92 Å². The molecule has 0 saturated carbocycles. The van der Waals surface area contributed by atoms with E-state index >= 15 is 0 Å². The maximum Gasteiger partial charge on any atom is 0.363 e. The third kappa shape index (κ3) is 2.47. The highest BCUT2D eigenvalue weighted by Gasteiger charge is 2.42. The highest BCUT2D eigenvalue weighted by molar-refractivity contribution is 6.56. The molecule has 2 rings (SSSR count). The Balaban J connectivity index is 2.02. The van der Waals surface area contributed by atoms with Gasteiger partial charge in [-0.1, -0.05) is 58.4 Å². The van der Waals surface area contributed by atoms with Crippen molar-refractivity contribution in [2.24, 2.45) is 5.92 Å². The van der Waals surface area contributed by atoms with Crippen molar-refractivity contribution in [3.05, 3.63) is 11.8 Å². The Hall–Kier alpha value is -0.395. The Morgan fingerprint density at radius 1 is 1.12 bits per heavy atom. The molecule has 0 aliphatic carbocycles. The Kier molecular flexibility index (Phi) is 3.99. The molecule has 90 valence electrons. The molecule has 2 aliphatic heterocycles. The molecule has 2 bridgehead atoms. The summed E-state index contributed by atoms with van der Waals surface area (Å²) in [5, 5.41) is 0. The van der Waals surface area contributed by atoms with Crippen LogP contribution < -0.4 is 0 Å². The van der Waals surface area contributed by atoms with Crippen LogP contribution in [-0.2, 0) is 4.65 Å². The van der Waals surface area contributed by atoms with E-state index < -0.39 is 0 Å². The van der Waals surface area contributed by atoms with E-state index in [0.717, 1.165) is 11.6 Å². The van der Waals surface area contributed by atoms with E-state index in [9.17, 15) is 0 Å². The lowest BCUT2D eigenvalue weighted by molar-refractivity contribution is 0.306. The fraction of sp³-hybridized carbons (Fsp3) is 0.857. The smallest absolute Gasteiger partial charge is 0.363 e. The van der Waals surface area contributed by atoms with Gasteiger partial charge in [0.1, 0.15) is 0 Å². The Bertz CT molecular complexity index is 237. The fourth-order valence-electron chi connectivity index (χ4n) is 3.50. The Morgan fingerprint density at radius 2 is 1.62 bits per heavy atom. The molecule has 1 nitrogen and oxygen atoms in total. The van der Waals surface area contributed by atoms with Gasteiger partial charge in [0.25, 0.3) is 0 Å². The molecule has 0 atom stereocenters. The molecule has 0 aromatic heterocycles. The van der Waals surface area contributed by atoms with E-state index in [1.54, 1.807) is 0 Å². The van der Waals surface area contributed by atoms with Crippen LogP contribution in [0.5, 0.6) is 0 Å². The molecule has 0 N–H and O–H groups in total. The Morgan fingerprint density at radius 3 is 2.00 bits per heavy atom. The molecule has 0 aromatic carbocycles. The summed E-state index contributed by atoms with van der Waals surface area (Å²) >= 11 is 0. The zero-order chi connectivity index (χ0) is 11.5. The van der Waals surface area contributed by atoms with Gasteiger partial charge in [-0.15, -0.1) is 0 Å². The third-order valence-corrected chi connectivity index (χ3v) is 4.35. The van der Waals surface area contributed by atoms with E-state index in [0.29, 0.717) is 12.8 Å². The average molecular weight is 220 g/mol. The second kappa shape index (κ2) is 5.29. The van der Waals surface area contributed by atoms with Crippen LogP contribution >= 0.6 is 0 Å². The van der Waals surface area contributed by atoms with Crippen LogP contribution in [0.15, 0.2) is 11.8 Å². The summed E-state index contributed by atoms with van der Waals surface area (Å²) in [6.07, 6.45) is 10.6. The van der Waals surface area contributed by atoms with Crippen LogP contribution in [0.1, 0.15) is 59.3 Å². The zero-order valence-electron chi connectivity index (χ0n) is 11.0. The minimum Gasteiger partial charge on any atom is -0.563 e. The summed E-state index contributed by atoms with van der Waals surface area (Å²) in [4.78, 5) is 0. The highest BCUT2D eigenvalue weighted by atomic mass is 16.4. The summed E-state index contributed by atoms with van der Waals surface area (Å²) in [7, 11) is 0. The van der Waals surface area contributed by atoms with Crippen LogP contribution in [0.4, 0.5) is 0 Å². The summed E-state index contributed by atoms with van der Waals surface area (Å²) in [6.45, 7) is 7.10. The van der Waals surface area contributed by atoms with Gasteiger partial charge in [0.2, 0.25) is 0 Å². The van der Waals surface area contributed by atoms with Gasteiger partial charge in [0.05, 0.1) is 5.76 Å². The molecule has 2 heterocycles. The van der Waals surface area contributed by atoms with E-state index in [1.165, 1.54) is 44.3 Å². The maximum absolute atomic E-state index is 6.33. The molecule has 0 amide bonds. The lowest BCUT2D eigenvalue weighted by Gasteiger charge is -2.40. The topological polar surface area (TPSA) is 9.23 Å². The molecule has 2 heteroatoms. The van der Waals surface area contributed by atoms with Crippen LogP contribution in [0, 0.1) is 5.92 Å². The van der Waals surface area contributed by atoms with Gasteiger partial charge in [-0.05, 0) is 18.6 Å². The zero-order valence-corrected chi connectivity index (χ0v) is 11.0. The number of fused-ring (bicyclic) bond motifs is 2. The summed E-state index contributed by atoms with van der Waals surface area (Å²) < 4.78 is 6.33. The highest BCUT2D eigenvalue weighted by Crippen LogP contribution is 2.47. The van der Waals surface area contributed by atoms with Crippen LogP contribution in [-0.4, -0.2) is 6.92 Å². The molecule has 0 aromatic rings. The first-order valence-electron chi connectivity index (χ1n) is 7.05. The first-order chi connectivity index (χ1) is 7.72. The molecule has 0 radical (unpaired) electrons. The number of rotatable bonds is 3. The monoisotopic (exact) mass is 220 g/mol.